The summed E-state index contributed by atoms with van der Waals surface area (Å²) < 4.78 is 6.84. The van der Waals surface area contributed by atoms with E-state index in [-0.39, 0.29) is 6.61 Å². The van der Waals surface area contributed by atoms with Crippen molar-refractivity contribution in [2.75, 3.05) is 11.9 Å². The van der Waals surface area contributed by atoms with E-state index >= 15 is 0 Å². The van der Waals surface area contributed by atoms with Crippen molar-refractivity contribution in [3.63, 3.8) is 0 Å². The summed E-state index contributed by atoms with van der Waals surface area (Å²) in [6, 6.07) is 14.5. The number of amides is 1. The van der Waals surface area contributed by atoms with Crippen LogP contribution in [0.15, 0.2) is 57.5 Å². The van der Waals surface area contributed by atoms with E-state index in [4.69, 9.17) is 4.74 Å². The number of aromatic nitrogens is 1. The average molecular weight is 492 g/mol. The van der Waals surface area contributed by atoms with Gasteiger partial charge in [0.05, 0.1) is 16.8 Å². The van der Waals surface area contributed by atoms with Gasteiger partial charge in [-0.1, -0.05) is 41.1 Å². The fourth-order valence-corrected chi connectivity index (χ4v) is 3.71. The van der Waals surface area contributed by atoms with E-state index in [0.29, 0.717) is 23.1 Å². The predicted octanol–water partition coefficient (Wildman–Crippen LogP) is 5.12. The second-order valence-corrected chi connectivity index (χ2v) is 7.55. The number of nitrogens with one attached hydrogen (secondary N) is 1. The fourth-order valence-electron chi connectivity index (χ4n) is 2.57. The van der Waals surface area contributed by atoms with Gasteiger partial charge >= 0.3 is 5.97 Å². The van der Waals surface area contributed by atoms with Crippen molar-refractivity contribution < 1.29 is 14.3 Å². The number of aryl methyl sites for hydroxylation is 1. The minimum absolute atomic E-state index is 0.376. The second-order valence-electron chi connectivity index (χ2n) is 5.78. The molecule has 138 valence electrons. The number of carbonyl (C=O) groups excluding carboxylic acids is 2. The van der Waals surface area contributed by atoms with Crippen molar-refractivity contribution in [2.24, 2.45) is 0 Å². The highest BCUT2D eigenvalue weighted by molar-refractivity contribution is 9.11. The highest BCUT2D eigenvalue weighted by Crippen LogP contribution is 2.26. The van der Waals surface area contributed by atoms with E-state index in [0.717, 1.165) is 20.2 Å². The summed E-state index contributed by atoms with van der Waals surface area (Å²) in [5.74, 6) is -0.964. The van der Waals surface area contributed by atoms with Crippen LogP contribution < -0.4 is 5.32 Å². The molecule has 0 aliphatic carbocycles. The van der Waals surface area contributed by atoms with Crippen molar-refractivity contribution in [3.8, 4) is 0 Å². The average Bonchev–Trinajstić information content (AvgIpc) is 2.67. The molecule has 3 aromatic rings. The Kier molecular flexibility index (Phi) is 6.23. The molecule has 1 heterocycles. The van der Waals surface area contributed by atoms with E-state index in [9.17, 15) is 9.59 Å². The van der Waals surface area contributed by atoms with Crippen molar-refractivity contribution >= 4 is 60.3 Å². The zero-order valence-electron chi connectivity index (χ0n) is 14.5. The number of hydrogen-bond acceptors (Lipinski definition) is 4. The molecule has 0 radical (unpaired) electrons. The molecule has 0 saturated heterocycles. The number of anilines is 1. The molecule has 1 amide bonds. The number of para-hydroxylation sites is 1. The maximum atomic E-state index is 12.5. The summed E-state index contributed by atoms with van der Waals surface area (Å²) in [6.07, 6.45) is 0.698. The van der Waals surface area contributed by atoms with Gasteiger partial charge in [0.15, 0.2) is 6.61 Å². The summed E-state index contributed by atoms with van der Waals surface area (Å²) in [6.45, 7) is 1.59. The van der Waals surface area contributed by atoms with E-state index in [1.165, 1.54) is 0 Å². The second kappa shape index (κ2) is 8.63. The number of ether oxygens (including phenoxy) is 1. The highest BCUT2D eigenvalue weighted by atomic mass is 79.9. The third-order valence-electron chi connectivity index (χ3n) is 3.89. The van der Waals surface area contributed by atoms with Crippen molar-refractivity contribution in [3.05, 3.63) is 68.7 Å². The Morgan fingerprint density at radius 3 is 2.63 bits per heavy atom. The molecular formula is C20H16Br2N2O3. The predicted molar refractivity (Wildman–Crippen MR) is 112 cm³/mol. The largest absolute Gasteiger partial charge is 0.452 e. The SMILES string of the molecule is CCc1cc(C(=O)OCC(=O)Nc2ccc(Br)cc2Br)c2ccccc2n1. The molecule has 0 saturated carbocycles. The number of hydrogen-bond donors (Lipinski definition) is 1. The zero-order valence-corrected chi connectivity index (χ0v) is 17.6. The number of nitrogens with zero attached hydrogens (tertiary/aromatic N) is 1. The number of carbonyl (C=O) groups is 2. The molecule has 0 aliphatic heterocycles. The van der Waals surface area contributed by atoms with Gasteiger partial charge in [-0.15, -0.1) is 0 Å². The zero-order chi connectivity index (χ0) is 19.4. The van der Waals surface area contributed by atoms with E-state index in [2.05, 4.69) is 42.2 Å². The molecule has 0 unspecified atom stereocenters. The van der Waals surface area contributed by atoms with Crippen molar-refractivity contribution in [1.82, 2.24) is 4.98 Å². The number of fused-ring (bicyclic) bond motifs is 1. The van der Waals surface area contributed by atoms with Gasteiger partial charge in [0.25, 0.3) is 5.91 Å². The molecule has 1 N–H and O–H groups in total. The van der Waals surface area contributed by atoms with Gasteiger partial charge in [0.2, 0.25) is 0 Å². The number of benzene rings is 2. The van der Waals surface area contributed by atoms with Crippen LogP contribution in [-0.2, 0) is 16.0 Å². The Labute approximate surface area is 173 Å². The molecule has 0 fully saturated rings. The Bertz CT molecular complexity index is 1020. The van der Waals surface area contributed by atoms with Gasteiger partial charge in [0, 0.05) is 20.0 Å². The number of rotatable bonds is 5. The maximum Gasteiger partial charge on any atom is 0.339 e. The van der Waals surface area contributed by atoms with Crippen molar-refractivity contribution in [2.45, 2.75) is 13.3 Å². The standard InChI is InChI=1S/C20H16Br2N2O3/c1-2-13-10-15(14-5-3-4-6-17(14)23-13)20(26)27-11-19(25)24-18-8-7-12(21)9-16(18)22/h3-10H,2,11H2,1H3,(H,24,25). The topological polar surface area (TPSA) is 68.3 Å². The van der Waals surface area contributed by atoms with Gasteiger partial charge in [-0.2, -0.15) is 0 Å². The first-order valence-electron chi connectivity index (χ1n) is 8.28. The van der Waals surface area contributed by atoms with Gasteiger partial charge in [-0.3, -0.25) is 9.78 Å². The lowest BCUT2D eigenvalue weighted by atomic mass is 10.1. The van der Waals surface area contributed by atoms with Crippen LogP contribution in [0.25, 0.3) is 10.9 Å². The molecule has 7 heteroatoms. The van der Waals surface area contributed by atoms with Crippen LogP contribution in [0.3, 0.4) is 0 Å². The Balaban J connectivity index is 1.72. The van der Waals surface area contributed by atoms with Gasteiger partial charge in [-0.05, 0) is 52.7 Å². The third kappa shape index (κ3) is 4.73. The maximum absolute atomic E-state index is 12.5. The number of halogens is 2. The molecule has 0 atom stereocenters. The van der Waals surface area contributed by atoms with Crippen LogP contribution in [0.5, 0.6) is 0 Å². The van der Waals surface area contributed by atoms with Crippen LogP contribution in [0, 0.1) is 0 Å². The Hall–Kier alpha value is -2.25. The fraction of sp³-hybridized carbons (Fsp3) is 0.150. The quantitative estimate of drug-likeness (QED) is 0.503. The first-order valence-corrected chi connectivity index (χ1v) is 9.87. The summed E-state index contributed by atoms with van der Waals surface area (Å²) >= 11 is 6.73. The van der Waals surface area contributed by atoms with Crippen LogP contribution in [0.1, 0.15) is 23.0 Å². The van der Waals surface area contributed by atoms with E-state index < -0.39 is 11.9 Å². The van der Waals surface area contributed by atoms with E-state index in [1.54, 1.807) is 12.1 Å². The molecule has 0 aliphatic rings. The highest BCUT2D eigenvalue weighted by Gasteiger charge is 2.16. The van der Waals surface area contributed by atoms with Crippen molar-refractivity contribution in [1.29, 1.82) is 0 Å². The lowest BCUT2D eigenvalue weighted by Gasteiger charge is -2.10. The molecule has 5 nitrogen and oxygen atoms in total. The van der Waals surface area contributed by atoms with Crippen LogP contribution >= 0.6 is 31.9 Å². The lowest BCUT2D eigenvalue weighted by Crippen LogP contribution is -2.21. The first kappa shape index (κ1) is 19.5. The normalized spacial score (nSPS) is 10.6. The third-order valence-corrected chi connectivity index (χ3v) is 5.04. The van der Waals surface area contributed by atoms with Crippen LogP contribution in [0.2, 0.25) is 0 Å². The summed E-state index contributed by atoms with van der Waals surface area (Å²) in [5, 5.41) is 3.41. The Morgan fingerprint density at radius 2 is 1.89 bits per heavy atom. The molecular weight excluding hydrogens is 476 g/mol. The number of pyridine rings is 1. The van der Waals surface area contributed by atoms with Crippen LogP contribution in [-0.4, -0.2) is 23.5 Å². The number of esters is 1. The molecule has 2 aromatic carbocycles. The van der Waals surface area contributed by atoms with E-state index in [1.807, 2.05) is 43.3 Å². The smallest absolute Gasteiger partial charge is 0.339 e. The molecule has 3 rings (SSSR count). The Morgan fingerprint density at radius 1 is 1.11 bits per heavy atom. The minimum Gasteiger partial charge on any atom is -0.452 e. The lowest BCUT2D eigenvalue weighted by molar-refractivity contribution is -0.119. The molecule has 1 aromatic heterocycles. The van der Waals surface area contributed by atoms with Gasteiger partial charge in [-0.25, -0.2) is 4.79 Å². The summed E-state index contributed by atoms with van der Waals surface area (Å²) in [7, 11) is 0. The summed E-state index contributed by atoms with van der Waals surface area (Å²) in [5.41, 5.74) is 2.54. The minimum atomic E-state index is -0.548. The first-order chi connectivity index (χ1) is 13.0. The molecule has 0 bridgehead atoms. The van der Waals surface area contributed by atoms with Crippen LogP contribution in [0.4, 0.5) is 5.69 Å². The summed E-state index contributed by atoms with van der Waals surface area (Å²) in [4.78, 5) is 29.2. The van der Waals surface area contributed by atoms with Gasteiger partial charge < -0.3 is 10.1 Å². The molecule has 0 spiro atoms. The monoisotopic (exact) mass is 490 g/mol. The molecule has 27 heavy (non-hydrogen) atoms. The van der Waals surface area contributed by atoms with Gasteiger partial charge in [0.1, 0.15) is 0 Å².